The van der Waals surface area contributed by atoms with Gasteiger partial charge in [0.05, 0.1) is 12.7 Å². The molecule has 3 nitrogen and oxygen atoms in total. The smallest absolute Gasteiger partial charge is 0.119 e. The normalized spacial score (nSPS) is 22.2. The van der Waals surface area contributed by atoms with Crippen LogP contribution in [0.4, 0.5) is 0 Å². The van der Waals surface area contributed by atoms with E-state index < -0.39 is 11.7 Å². The van der Waals surface area contributed by atoms with Gasteiger partial charge in [-0.15, -0.1) is 0 Å². The highest BCUT2D eigenvalue weighted by Gasteiger charge is 2.44. The number of aliphatic hydroxyl groups is 1. The van der Waals surface area contributed by atoms with Gasteiger partial charge in [0.25, 0.3) is 0 Å². The fraction of sp³-hybridized carbons (Fsp3) is 0.647. The van der Waals surface area contributed by atoms with Crippen LogP contribution in [0.2, 0.25) is 0 Å². The van der Waals surface area contributed by atoms with Crippen LogP contribution in [0.15, 0.2) is 24.3 Å². The number of aliphatic hydroxyl groups excluding tert-OH is 1. The summed E-state index contributed by atoms with van der Waals surface area (Å²) in [6, 6.07) is 7.63. The number of ether oxygens (including phenoxy) is 2. The Kier molecular flexibility index (Phi) is 4.40. The first kappa shape index (κ1) is 15.3. The van der Waals surface area contributed by atoms with Crippen LogP contribution in [-0.2, 0) is 4.74 Å². The molecule has 1 atom stereocenters. The molecule has 20 heavy (non-hydrogen) atoms. The average Bonchev–Trinajstić information content (AvgIpc) is 2.47. The van der Waals surface area contributed by atoms with E-state index in [4.69, 9.17) is 9.47 Å². The lowest BCUT2D eigenvalue weighted by atomic mass is 9.68. The van der Waals surface area contributed by atoms with Crippen LogP contribution in [0.25, 0.3) is 0 Å². The first-order chi connectivity index (χ1) is 9.42. The summed E-state index contributed by atoms with van der Waals surface area (Å²) in [6.45, 7) is 4.56. The Morgan fingerprint density at radius 1 is 1.10 bits per heavy atom. The average molecular weight is 278 g/mol. The Hall–Kier alpha value is -1.06. The minimum Gasteiger partial charge on any atom is -0.497 e. The standard InChI is InChI=1S/C17H26O3/c1-16(2)8-10-17(20-4,11-9-16)15(18)13-6-5-7-14(12-13)19-3/h5-7,12,15,18H,8-11H2,1-4H3. The van der Waals surface area contributed by atoms with Crippen LogP contribution in [0, 0.1) is 5.41 Å². The van der Waals surface area contributed by atoms with Crippen molar-refractivity contribution >= 4 is 0 Å². The Morgan fingerprint density at radius 3 is 2.30 bits per heavy atom. The van der Waals surface area contributed by atoms with Crippen LogP contribution in [-0.4, -0.2) is 24.9 Å². The van der Waals surface area contributed by atoms with Gasteiger partial charge in [0.15, 0.2) is 0 Å². The van der Waals surface area contributed by atoms with E-state index in [-0.39, 0.29) is 0 Å². The van der Waals surface area contributed by atoms with Crippen LogP contribution in [0.3, 0.4) is 0 Å². The van der Waals surface area contributed by atoms with Gasteiger partial charge in [-0.1, -0.05) is 26.0 Å². The zero-order chi connectivity index (χ0) is 14.8. The quantitative estimate of drug-likeness (QED) is 0.912. The summed E-state index contributed by atoms with van der Waals surface area (Å²) < 4.78 is 11.0. The second-order valence-corrected chi connectivity index (χ2v) is 6.61. The molecule has 1 fully saturated rings. The minimum atomic E-state index is -0.612. The van der Waals surface area contributed by atoms with Gasteiger partial charge in [-0.25, -0.2) is 0 Å². The zero-order valence-corrected chi connectivity index (χ0v) is 13.0. The van der Waals surface area contributed by atoms with E-state index in [9.17, 15) is 5.11 Å². The first-order valence-corrected chi connectivity index (χ1v) is 7.30. The van der Waals surface area contributed by atoms with Gasteiger partial charge in [-0.05, 0) is 48.8 Å². The summed E-state index contributed by atoms with van der Waals surface area (Å²) in [5.41, 5.74) is 0.740. The maximum atomic E-state index is 10.8. The van der Waals surface area contributed by atoms with Crippen molar-refractivity contribution < 1.29 is 14.6 Å². The van der Waals surface area contributed by atoms with Crippen LogP contribution in [0.5, 0.6) is 5.75 Å². The zero-order valence-electron chi connectivity index (χ0n) is 13.0. The minimum absolute atomic E-state index is 0.343. The molecule has 1 aromatic carbocycles. The summed E-state index contributed by atoms with van der Waals surface area (Å²) in [5.74, 6) is 0.768. The molecule has 0 amide bonds. The number of methoxy groups -OCH3 is 2. The van der Waals surface area contributed by atoms with E-state index in [2.05, 4.69) is 13.8 Å². The van der Waals surface area contributed by atoms with Gasteiger partial charge in [-0.2, -0.15) is 0 Å². The molecule has 1 aromatic rings. The SMILES string of the molecule is COc1cccc(C(O)C2(OC)CCC(C)(C)CC2)c1. The topological polar surface area (TPSA) is 38.7 Å². The summed E-state index contributed by atoms with van der Waals surface area (Å²) in [5, 5.41) is 10.8. The molecule has 0 heterocycles. The van der Waals surface area contributed by atoms with Gasteiger partial charge in [0.1, 0.15) is 11.9 Å². The van der Waals surface area contributed by atoms with Gasteiger partial charge >= 0.3 is 0 Å². The van der Waals surface area contributed by atoms with E-state index in [1.54, 1.807) is 14.2 Å². The molecular formula is C17H26O3. The van der Waals surface area contributed by atoms with Crippen molar-refractivity contribution in [3.8, 4) is 5.75 Å². The molecule has 1 N–H and O–H groups in total. The van der Waals surface area contributed by atoms with Crippen molar-refractivity contribution in [1.82, 2.24) is 0 Å². The van der Waals surface area contributed by atoms with Gasteiger partial charge < -0.3 is 14.6 Å². The molecule has 3 heteroatoms. The number of hydrogen-bond acceptors (Lipinski definition) is 3. The lowest BCUT2D eigenvalue weighted by Crippen LogP contribution is -2.43. The second kappa shape index (κ2) is 5.74. The van der Waals surface area contributed by atoms with Crippen molar-refractivity contribution in [1.29, 1.82) is 0 Å². The third-order valence-electron chi connectivity index (χ3n) is 4.76. The number of benzene rings is 1. The van der Waals surface area contributed by atoms with E-state index >= 15 is 0 Å². The maximum Gasteiger partial charge on any atom is 0.119 e. The monoisotopic (exact) mass is 278 g/mol. The van der Waals surface area contributed by atoms with Crippen molar-refractivity contribution in [2.75, 3.05) is 14.2 Å². The molecule has 1 aliphatic rings. The largest absolute Gasteiger partial charge is 0.497 e. The molecule has 0 aromatic heterocycles. The summed E-state index contributed by atoms with van der Waals surface area (Å²) >= 11 is 0. The van der Waals surface area contributed by atoms with E-state index in [0.717, 1.165) is 37.0 Å². The Labute approximate surface area is 121 Å². The van der Waals surface area contributed by atoms with E-state index in [1.165, 1.54) is 0 Å². The van der Waals surface area contributed by atoms with Crippen LogP contribution >= 0.6 is 0 Å². The number of rotatable bonds is 4. The Balaban J connectivity index is 2.22. The molecule has 1 saturated carbocycles. The molecule has 0 saturated heterocycles. The molecule has 0 aliphatic heterocycles. The third kappa shape index (κ3) is 2.99. The Morgan fingerprint density at radius 2 is 1.75 bits per heavy atom. The highest BCUT2D eigenvalue weighted by Crippen LogP contribution is 2.47. The Bertz CT molecular complexity index is 443. The van der Waals surface area contributed by atoms with E-state index in [1.807, 2.05) is 24.3 Å². The van der Waals surface area contributed by atoms with Crippen molar-refractivity contribution in [2.45, 2.75) is 51.2 Å². The first-order valence-electron chi connectivity index (χ1n) is 7.30. The molecule has 0 bridgehead atoms. The van der Waals surface area contributed by atoms with Crippen LogP contribution < -0.4 is 4.74 Å². The number of hydrogen-bond donors (Lipinski definition) is 1. The molecule has 0 spiro atoms. The van der Waals surface area contributed by atoms with E-state index in [0.29, 0.717) is 5.41 Å². The van der Waals surface area contributed by atoms with Gasteiger partial charge in [0.2, 0.25) is 0 Å². The lowest BCUT2D eigenvalue weighted by molar-refractivity contribution is -0.138. The molecule has 2 rings (SSSR count). The molecule has 1 unspecified atom stereocenters. The molecule has 1 aliphatic carbocycles. The summed E-state index contributed by atoms with van der Waals surface area (Å²) in [7, 11) is 3.35. The summed E-state index contributed by atoms with van der Waals surface area (Å²) in [6.07, 6.45) is 3.30. The maximum absolute atomic E-state index is 10.8. The third-order valence-corrected chi connectivity index (χ3v) is 4.76. The molecular weight excluding hydrogens is 252 g/mol. The van der Waals surface area contributed by atoms with Gasteiger partial charge in [0, 0.05) is 7.11 Å². The summed E-state index contributed by atoms with van der Waals surface area (Å²) in [4.78, 5) is 0. The van der Waals surface area contributed by atoms with Crippen molar-refractivity contribution in [2.24, 2.45) is 5.41 Å². The lowest BCUT2D eigenvalue weighted by Gasteiger charge is -2.45. The highest BCUT2D eigenvalue weighted by atomic mass is 16.5. The fourth-order valence-electron chi connectivity index (χ4n) is 3.05. The van der Waals surface area contributed by atoms with Gasteiger partial charge in [-0.3, -0.25) is 0 Å². The van der Waals surface area contributed by atoms with Crippen LogP contribution in [0.1, 0.15) is 51.2 Å². The highest BCUT2D eigenvalue weighted by molar-refractivity contribution is 5.31. The predicted molar refractivity (Wildman–Crippen MR) is 79.9 cm³/mol. The fourth-order valence-corrected chi connectivity index (χ4v) is 3.05. The van der Waals surface area contributed by atoms with Crippen molar-refractivity contribution in [3.05, 3.63) is 29.8 Å². The van der Waals surface area contributed by atoms with Crippen molar-refractivity contribution in [3.63, 3.8) is 0 Å². The second-order valence-electron chi connectivity index (χ2n) is 6.61. The molecule has 112 valence electrons. The predicted octanol–water partition coefficient (Wildman–Crippen LogP) is 3.71. The molecule has 0 radical (unpaired) electrons.